The van der Waals surface area contributed by atoms with Crippen LogP contribution >= 0.6 is 0 Å². The number of rotatable bonds is 6. The second-order valence-electron chi connectivity index (χ2n) is 9.89. The molecule has 2 amide bonds. The number of hydrogen-bond donors (Lipinski definition) is 3. The number of nitrogens with one attached hydrogen (secondary N) is 2. The Hall–Kier alpha value is -3.16. The number of aliphatic hydroxyl groups is 1. The number of hydrogen-bond acceptors (Lipinski definition) is 4. The Morgan fingerprint density at radius 1 is 1.11 bits per heavy atom. The van der Waals surface area contributed by atoms with Gasteiger partial charge in [-0.15, -0.1) is 0 Å². The van der Waals surface area contributed by atoms with Crippen molar-refractivity contribution in [3.05, 3.63) is 71.9 Å². The van der Waals surface area contributed by atoms with E-state index in [2.05, 4.69) is 22.1 Å². The van der Waals surface area contributed by atoms with Gasteiger partial charge in [-0.25, -0.2) is 0 Å². The lowest BCUT2D eigenvalue weighted by Gasteiger charge is -2.36. The molecule has 0 aliphatic carbocycles. The zero-order valence-electron chi connectivity index (χ0n) is 21.1. The van der Waals surface area contributed by atoms with Crippen molar-refractivity contribution in [3.8, 4) is 0 Å². The Bertz CT molecular complexity index is 1220. The standard InChI is InChI=1S/C28H34N4O3/c1-19-25(33)12-16-32(19)18-20-10-14-31(15-11-20)28(35)26(22-5-3-2-4-6-22)30-27(34)23-8-7-21-9-13-29-24(21)17-23/h2-9,13,17,19-20,25-26,29,33H,10-12,14-16,18H2,1H3,(H,30,34)/t19-,25?,26?/m1/s1/i13D. The molecule has 2 saturated heterocycles. The topological polar surface area (TPSA) is 88.7 Å². The van der Waals surface area contributed by atoms with Crippen LogP contribution in [0.3, 0.4) is 0 Å². The van der Waals surface area contributed by atoms with Gasteiger partial charge in [0.05, 0.1) is 7.47 Å². The minimum absolute atomic E-state index is 0.0904. The van der Waals surface area contributed by atoms with Crippen LogP contribution < -0.4 is 5.32 Å². The number of aromatic nitrogens is 1. The quantitative estimate of drug-likeness (QED) is 0.510. The minimum atomic E-state index is -0.768. The Labute approximate surface area is 207 Å². The number of likely N-dealkylation sites (tertiary alicyclic amines) is 2. The Morgan fingerprint density at radius 2 is 1.89 bits per heavy atom. The third kappa shape index (κ3) is 5.11. The maximum atomic E-state index is 13.7. The van der Waals surface area contributed by atoms with Gasteiger partial charge in [-0.1, -0.05) is 36.4 Å². The van der Waals surface area contributed by atoms with Gasteiger partial charge >= 0.3 is 0 Å². The van der Waals surface area contributed by atoms with Crippen molar-refractivity contribution < 1.29 is 16.1 Å². The highest BCUT2D eigenvalue weighted by molar-refractivity contribution is 6.00. The molecule has 3 heterocycles. The molecule has 3 N–H and O–H groups in total. The number of aliphatic hydroxyl groups excluding tert-OH is 1. The van der Waals surface area contributed by atoms with Gasteiger partial charge in [0.25, 0.3) is 5.91 Å². The predicted molar refractivity (Wildman–Crippen MR) is 136 cm³/mol. The summed E-state index contributed by atoms with van der Waals surface area (Å²) in [5, 5.41) is 13.9. The number of aromatic amines is 1. The highest BCUT2D eigenvalue weighted by Gasteiger charge is 2.34. The summed E-state index contributed by atoms with van der Waals surface area (Å²) < 4.78 is 7.77. The minimum Gasteiger partial charge on any atom is -0.391 e. The first-order chi connectivity index (χ1) is 17.4. The van der Waals surface area contributed by atoms with Gasteiger partial charge in [0.1, 0.15) is 6.04 Å². The van der Waals surface area contributed by atoms with E-state index in [4.69, 9.17) is 1.37 Å². The molecule has 2 aromatic carbocycles. The zero-order chi connectivity index (χ0) is 25.2. The second-order valence-corrected chi connectivity index (χ2v) is 9.89. The monoisotopic (exact) mass is 475 g/mol. The Balaban J connectivity index is 1.27. The van der Waals surface area contributed by atoms with E-state index in [0.29, 0.717) is 30.7 Å². The normalized spacial score (nSPS) is 22.8. The van der Waals surface area contributed by atoms with Crippen molar-refractivity contribution in [1.29, 1.82) is 0 Å². The molecular formula is C28H34N4O3. The lowest BCUT2D eigenvalue weighted by atomic mass is 9.94. The van der Waals surface area contributed by atoms with Gasteiger partial charge < -0.3 is 20.3 Å². The molecule has 0 spiro atoms. The average molecular weight is 476 g/mol. The number of fused-ring (bicyclic) bond motifs is 1. The van der Waals surface area contributed by atoms with Gasteiger partial charge in [-0.2, -0.15) is 0 Å². The van der Waals surface area contributed by atoms with Crippen molar-refractivity contribution in [2.75, 3.05) is 26.2 Å². The van der Waals surface area contributed by atoms with E-state index in [1.807, 2.05) is 41.3 Å². The first kappa shape index (κ1) is 22.3. The lowest BCUT2D eigenvalue weighted by Crippen LogP contribution is -2.47. The smallest absolute Gasteiger partial charge is 0.252 e. The molecule has 7 heteroatoms. The Morgan fingerprint density at radius 3 is 2.60 bits per heavy atom. The van der Waals surface area contributed by atoms with Crippen molar-refractivity contribution in [2.24, 2.45) is 5.92 Å². The van der Waals surface area contributed by atoms with Crippen LogP contribution in [0.15, 0.2) is 60.8 Å². The fourth-order valence-electron chi connectivity index (χ4n) is 5.36. The van der Waals surface area contributed by atoms with Gasteiger partial charge in [-0.05, 0) is 61.3 Å². The SMILES string of the molecule is [2H]c1cc2ccc(C(=O)NC(C(=O)N3CCC(CN4CCC(O)[C@H]4C)CC3)c3ccccc3)cc2[nH]1. The number of nitrogens with zero attached hydrogens (tertiary/aromatic N) is 2. The van der Waals surface area contributed by atoms with Gasteiger partial charge in [-0.3, -0.25) is 14.5 Å². The molecule has 5 rings (SSSR count). The van der Waals surface area contributed by atoms with Crippen LogP contribution in [0.5, 0.6) is 0 Å². The first-order valence-electron chi connectivity index (χ1n) is 13.0. The lowest BCUT2D eigenvalue weighted by molar-refractivity contribution is -0.135. The molecule has 1 aromatic heterocycles. The van der Waals surface area contributed by atoms with Crippen LogP contribution in [-0.4, -0.2) is 70.0 Å². The molecule has 0 radical (unpaired) electrons. The maximum absolute atomic E-state index is 13.7. The van der Waals surface area contributed by atoms with Gasteiger partial charge in [0, 0.05) is 49.5 Å². The van der Waals surface area contributed by atoms with Crippen molar-refractivity contribution in [3.63, 3.8) is 0 Å². The second kappa shape index (κ2) is 10.2. The third-order valence-electron chi connectivity index (χ3n) is 7.67. The number of benzene rings is 2. The zero-order valence-corrected chi connectivity index (χ0v) is 20.1. The van der Waals surface area contributed by atoms with E-state index < -0.39 is 6.04 Å². The first-order valence-corrected chi connectivity index (χ1v) is 12.5. The molecule has 2 aliphatic heterocycles. The number of carbonyl (C=O) groups is 2. The third-order valence-corrected chi connectivity index (χ3v) is 7.67. The summed E-state index contributed by atoms with van der Waals surface area (Å²) in [5.74, 6) is 0.0880. The van der Waals surface area contributed by atoms with Crippen LogP contribution in [0, 0.1) is 5.92 Å². The molecule has 0 saturated carbocycles. The summed E-state index contributed by atoms with van der Waals surface area (Å²) in [6.45, 7) is 5.30. The van der Waals surface area contributed by atoms with Crippen LogP contribution in [0.4, 0.5) is 0 Å². The van der Waals surface area contributed by atoms with Gasteiger partial charge in [0.15, 0.2) is 0 Å². The maximum Gasteiger partial charge on any atom is 0.252 e. The largest absolute Gasteiger partial charge is 0.391 e. The van der Waals surface area contributed by atoms with Crippen LogP contribution in [0.2, 0.25) is 0 Å². The predicted octanol–water partition coefficient (Wildman–Crippen LogP) is 3.33. The fraction of sp³-hybridized carbons (Fsp3) is 0.429. The van der Waals surface area contributed by atoms with Crippen molar-refractivity contribution in [2.45, 2.75) is 44.4 Å². The number of H-pyrrole nitrogens is 1. The van der Waals surface area contributed by atoms with Crippen molar-refractivity contribution >= 4 is 22.7 Å². The highest BCUT2D eigenvalue weighted by atomic mass is 16.3. The summed E-state index contributed by atoms with van der Waals surface area (Å²) in [5.41, 5.74) is 1.92. The molecule has 7 nitrogen and oxygen atoms in total. The molecule has 3 aromatic rings. The fourth-order valence-corrected chi connectivity index (χ4v) is 5.36. The molecule has 3 atom stereocenters. The molecule has 0 bridgehead atoms. The van der Waals surface area contributed by atoms with E-state index in [1.165, 1.54) is 0 Å². The Kier molecular flexibility index (Phi) is 6.51. The van der Waals surface area contributed by atoms with Crippen LogP contribution in [-0.2, 0) is 4.79 Å². The summed E-state index contributed by atoms with van der Waals surface area (Å²) in [4.78, 5) is 34.0. The van der Waals surface area contributed by atoms with E-state index in [9.17, 15) is 14.7 Å². The van der Waals surface area contributed by atoms with Crippen molar-refractivity contribution in [1.82, 2.24) is 20.1 Å². The number of piperidine rings is 1. The van der Waals surface area contributed by atoms with Crippen LogP contribution in [0.1, 0.15) is 49.5 Å². The summed E-state index contributed by atoms with van der Waals surface area (Å²) >= 11 is 0. The summed E-state index contributed by atoms with van der Waals surface area (Å²) in [6, 6.07) is 15.8. The molecule has 2 aliphatic rings. The summed E-state index contributed by atoms with van der Waals surface area (Å²) in [7, 11) is 0. The van der Waals surface area contributed by atoms with E-state index in [-0.39, 0.29) is 24.0 Å². The number of carbonyl (C=O) groups excluding carboxylic acids is 2. The molecule has 2 fully saturated rings. The van der Waals surface area contributed by atoms with E-state index in [1.54, 1.807) is 18.2 Å². The van der Waals surface area contributed by atoms with E-state index in [0.717, 1.165) is 48.8 Å². The summed E-state index contributed by atoms with van der Waals surface area (Å²) in [6.07, 6.45) is 2.71. The van der Waals surface area contributed by atoms with E-state index >= 15 is 0 Å². The van der Waals surface area contributed by atoms with Crippen LogP contribution in [0.25, 0.3) is 10.9 Å². The molecule has 184 valence electrons. The highest BCUT2D eigenvalue weighted by Crippen LogP contribution is 2.26. The molecule has 35 heavy (non-hydrogen) atoms. The van der Waals surface area contributed by atoms with Gasteiger partial charge in [0.2, 0.25) is 5.91 Å². The average Bonchev–Trinajstić information content (AvgIpc) is 3.43. The molecule has 2 unspecified atom stereocenters. The molecular weight excluding hydrogens is 440 g/mol. The number of amides is 2.